The molecule has 3 rings (SSSR count). The van der Waals surface area contributed by atoms with Gasteiger partial charge in [-0.05, 0) is 41.8 Å². The second-order valence-electron chi connectivity index (χ2n) is 4.87. The topological polar surface area (TPSA) is 75.6 Å². The summed E-state index contributed by atoms with van der Waals surface area (Å²) >= 11 is 1.06. The lowest BCUT2D eigenvalue weighted by Crippen LogP contribution is -2.13. The number of carbonyl (C=O) groups excluding carboxylic acids is 1. The fourth-order valence-electron chi connectivity index (χ4n) is 2.09. The molecule has 0 atom stereocenters. The third-order valence-corrected chi connectivity index (χ3v) is 4.09. The molecule has 0 bridgehead atoms. The lowest BCUT2D eigenvalue weighted by atomic mass is 10.2. The number of ether oxygens (including phenoxy) is 1. The van der Waals surface area contributed by atoms with Gasteiger partial charge in [0.25, 0.3) is 5.91 Å². The Bertz CT molecular complexity index is 873. The monoisotopic (exact) mass is 339 g/mol. The molecule has 5 nitrogen and oxygen atoms in total. The maximum absolute atomic E-state index is 12.3. The third kappa shape index (κ3) is 3.61. The molecule has 6 heteroatoms. The fraction of sp³-hybridized carbons (Fsp3) is 0. The Balaban J connectivity index is 1.77. The van der Waals surface area contributed by atoms with Gasteiger partial charge in [-0.3, -0.25) is 4.79 Å². The number of amides is 1. The van der Waals surface area contributed by atoms with Crippen LogP contribution in [0.25, 0.3) is 0 Å². The molecule has 2 N–H and O–H groups in total. The number of rotatable bonds is 5. The molecule has 3 aromatic rings. The number of anilines is 1. The Kier molecular flexibility index (Phi) is 4.58. The van der Waals surface area contributed by atoms with E-state index in [-0.39, 0.29) is 10.6 Å². The van der Waals surface area contributed by atoms with Gasteiger partial charge in [-0.25, -0.2) is 4.79 Å². The lowest BCUT2D eigenvalue weighted by Gasteiger charge is -2.08. The number of carboxylic acid groups (broad SMARTS) is 1. The van der Waals surface area contributed by atoms with Crippen molar-refractivity contribution in [3.05, 3.63) is 76.5 Å². The second-order valence-corrected chi connectivity index (χ2v) is 5.78. The van der Waals surface area contributed by atoms with Crippen molar-refractivity contribution in [2.45, 2.75) is 0 Å². The number of carbonyl (C=O) groups is 2. The molecule has 0 unspecified atom stereocenters. The van der Waals surface area contributed by atoms with Crippen LogP contribution in [-0.4, -0.2) is 17.0 Å². The van der Waals surface area contributed by atoms with Crippen molar-refractivity contribution < 1.29 is 19.4 Å². The van der Waals surface area contributed by atoms with Gasteiger partial charge < -0.3 is 15.2 Å². The van der Waals surface area contributed by atoms with Gasteiger partial charge in [-0.1, -0.05) is 24.3 Å². The van der Waals surface area contributed by atoms with Crippen molar-refractivity contribution in [2.24, 2.45) is 0 Å². The first-order valence-corrected chi connectivity index (χ1v) is 7.96. The van der Waals surface area contributed by atoms with Crippen molar-refractivity contribution in [1.29, 1.82) is 0 Å². The number of thiophene rings is 1. The van der Waals surface area contributed by atoms with Crippen molar-refractivity contribution in [2.75, 3.05) is 5.32 Å². The van der Waals surface area contributed by atoms with Crippen LogP contribution in [0.2, 0.25) is 0 Å². The predicted molar refractivity (Wildman–Crippen MR) is 92.2 cm³/mol. The van der Waals surface area contributed by atoms with Gasteiger partial charge in [0, 0.05) is 5.56 Å². The van der Waals surface area contributed by atoms with Gasteiger partial charge in [0.15, 0.2) is 0 Å². The Labute approximate surface area is 142 Å². The van der Waals surface area contributed by atoms with Crippen LogP contribution in [0.15, 0.2) is 66.0 Å². The van der Waals surface area contributed by atoms with Crippen LogP contribution in [0, 0.1) is 0 Å². The third-order valence-electron chi connectivity index (χ3n) is 3.18. The first-order valence-electron chi connectivity index (χ1n) is 7.08. The molecule has 0 aliphatic rings. The second kappa shape index (κ2) is 6.97. The van der Waals surface area contributed by atoms with E-state index >= 15 is 0 Å². The molecule has 24 heavy (non-hydrogen) atoms. The fourth-order valence-corrected chi connectivity index (χ4v) is 2.78. The number of nitrogens with one attached hydrogen (secondary N) is 1. The highest BCUT2D eigenvalue weighted by molar-refractivity contribution is 7.12. The summed E-state index contributed by atoms with van der Waals surface area (Å²) in [5, 5.41) is 13.3. The summed E-state index contributed by atoms with van der Waals surface area (Å²) in [6.07, 6.45) is 0. The molecule has 0 spiro atoms. The average molecular weight is 339 g/mol. The average Bonchev–Trinajstić information content (AvgIpc) is 3.04. The minimum absolute atomic E-state index is 0.0973. The molecule has 1 heterocycles. The van der Waals surface area contributed by atoms with Crippen molar-refractivity contribution >= 4 is 28.9 Å². The summed E-state index contributed by atoms with van der Waals surface area (Å²) in [6, 6.07) is 17.5. The highest BCUT2D eigenvalue weighted by Crippen LogP contribution is 2.25. The molecule has 0 saturated carbocycles. The molecule has 1 aromatic heterocycles. The van der Waals surface area contributed by atoms with Crippen molar-refractivity contribution in [3.8, 4) is 11.5 Å². The SMILES string of the molecule is O=C(Nc1ccsc1C(=O)O)c1cccc(Oc2ccccc2)c1. The zero-order chi connectivity index (χ0) is 16.9. The van der Waals surface area contributed by atoms with E-state index in [2.05, 4.69) is 5.32 Å². The van der Waals surface area contributed by atoms with Crippen LogP contribution in [0.4, 0.5) is 5.69 Å². The number of hydrogen-bond acceptors (Lipinski definition) is 4. The molecule has 0 fully saturated rings. The van der Waals surface area contributed by atoms with Gasteiger partial charge in [0.1, 0.15) is 16.4 Å². The Morgan fingerprint density at radius 1 is 0.958 bits per heavy atom. The number of aromatic carboxylic acids is 1. The minimum atomic E-state index is -1.07. The molecule has 0 saturated heterocycles. The summed E-state index contributed by atoms with van der Waals surface area (Å²) in [7, 11) is 0. The molecular formula is C18H13NO4S. The van der Waals surface area contributed by atoms with E-state index in [1.807, 2.05) is 30.3 Å². The molecule has 0 aliphatic heterocycles. The van der Waals surface area contributed by atoms with Crippen LogP contribution in [0.5, 0.6) is 11.5 Å². The smallest absolute Gasteiger partial charge is 0.348 e. The quantitative estimate of drug-likeness (QED) is 0.718. The van der Waals surface area contributed by atoms with E-state index in [9.17, 15) is 9.59 Å². The number of hydrogen-bond donors (Lipinski definition) is 2. The summed E-state index contributed by atoms with van der Waals surface area (Å²) in [6.45, 7) is 0. The van der Waals surface area contributed by atoms with Crippen molar-refractivity contribution in [3.63, 3.8) is 0 Å². The molecule has 0 aliphatic carbocycles. The van der Waals surface area contributed by atoms with E-state index < -0.39 is 11.9 Å². The van der Waals surface area contributed by atoms with Crippen LogP contribution >= 0.6 is 11.3 Å². The van der Waals surface area contributed by atoms with E-state index in [4.69, 9.17) is 9.84 Å². The van der Waals surface area contributed by atoms with Crippen LogP contribution in [0.3, 0.4) is 0 Å². The number of benzene rings is 2. The number of carboxylic acids is 1. The van der Waals surface area contributed by atoms with Crippen LogP contribution < -0.4 is 10.1 Å². The highest BCUT2D eigenvalue weighted by atomic mass is 32.1. The minimum Gasteiger partial charge on any atom is -0.477 e. The summed E-state index contributed by atoms with van der Waals surface area (Å²) in [4.78, 5) is 23.5. The van der Waals surface area contributed by atoms with Gasteiger partial charge in [0.2, 0.25) is 0 Å². The molecule has 0 radical (unpaired) electrons. The summed E-state index contributed by atoms with van der Waals surface area (Å²) in [5.41, 5.74) is 0.665. The first kappa shape index (κ1) is 15.8. The van der Waals surface area contributed by atoms with E-state index in [1.165, 1.54) is 0 Å². The number of para-hydroxylation sites is 1. The van der Waals surface area contributed by atoms with Crippen molar-refractivity contribution in [1.82, 2.24) is 0 Å². The van der Waals surface area contributed by atoms with Crippen LogP contribution in [-0.2, 0) is 0 Å². The standard InChI is InChI=1S/C18H13NO4S/c20-17(19-15-9-10-24-16(15)18(21)22)12-5-4-8-14(11-12)23-13-6-2-1-3-7-13/h1-11H,(H,19,20)(H,21,22). The lowest BCUT2D eigenvalue weighted by molar-refractivity contribution is 0.0703. The molecular weight excluding hydrogens is 326 g/mol. The predicted octanol–water partition coefficient (Wildman–Crippen LogP) is 4.49. The van der Waals surface area contributed by atoms with Crippen LogP contribution in [0.1, 0.15) is 20.0 Å². The Morgan fingerprint density at radius 2 is 1.71 bits per heavy atom. The zero-order valence-electron chi connectivity index (χ0n) is 12.4. The first-order chi connectivity index (χ1) is 11.6. The van der Waals surface area contributed by atoms with E-state index in [0.717, 1.165) is 11.3 Å². The molecule has 120 valence electrons. The maximum Gasteiger partial charge on any atom is 0.348 e. The largest absolute Gasteiger partial charge is 0.477 e. The van der Waals surface area contributed by atoms with Gasteiger partial charge >= 0.3 is 5.97 Å². The summed E-state index contributed by atoms with van der Waals surface area (Å²) in [5.74, 6) is -0.269. The summed E-state index contributed by atoms with van der Waals surface area (Å²) < 4.78 is 5.69. The van der Waals surface area contributed by atoms with E-state index in [1.54, 1.807) is 35.7 Å². The van der Waals surface area contributed by atoms with Gasteiger partial charge in [0.05, 0.1) is 5.69 Å². The maximum atomic E-state index is 12.3. The zero-order valence-corrected chi connectivity index (χ0v) is 13.2. The Hall–Kier alpha value is -3.12. The molecule has 2 aromatic carbocycles. The highest BCUT2D eigenvalue weighted by Gasteiger charge is 2.15. The molecule has 1 amide bonds. The Morgan fingerprint density at radius 3 is 2.46 bits per heavy atom. The van der Waals surface area contributed by atoms with E-state index in [0.29, 0.717) is 17.1 Å². The normalized spacial score (nSPS) is 10.2. The van der Waals surface area contributed by atoms with Gasteiger partial charge in [-0.2, -0.15) is 0 Å². The van der Waals surface area contributed by atoms with Gasteiger partial charge in [-0.15, -0.1) is 11.3 Å².